The third-order valence-corrected chi connectivity index (χ3v) is 8.51. The van der Waals surface area contributed by atoms with E-state index in [4.69, 9.17) is 16.3 Å². The van der Waals surface area contributed by atoms with Gasteiger partial charge in [-0.05, 0) is 81.6 Å². The number of halogens is 1. The summed E-state index contributed by atoms with van der Waals surface area (Å²) >= 11 is 6.32. The molecular formula is C29H47ClN2O3. The van der Waals surface area contributed by atoms with E-state index in [0.717, 1.165) is 56.7 Å². The molecule has 2 N–H and O–H groups in total. The van der Waals surface area contributed by atoms with Crippen molar-refractivity contribution in [3.05, 3.63) is 34.9 Å². The molecule has 1 aliphatic carbocycles. The van der Waals surface area contributed by atoms with Crippen LogP contribution in [-0.2, 0) is 15.1 Å². The number of ether oxygens (including phenoxy) is 1. The lowest BCUT2D eigenvalue weighted by Crippen LogP contribution is -2.48. The lowest BCUT2D eigenvalue weighted by atomic mass is 9.74. The Bertz CT molecular complexity index is 770. The molecule has 1 amide bonds. The van der Waals surface area contributed by atoms with Crippen molar-refractivity contribution in [2.24, 2.45) is 17.8 Å². The fraction of sp³-hybridized carbons (Fsp3) is 0.759. The van der Waals surface area contributed by atoms with Crippen LogP contribution in [0.25, 0.3) is 0 Å². The Labute approximate surface area is 217 Å². The third kappa shape index (κ3) is 8.45. The Morgan fingerprint density at radius 2 is 2.03 bits per heavy atom. The number of rotatable bonds is 13. The van der Waals surface area contributed by atoms with Crippen molar-refractivity contribution < 1.29 is 14.6 Å². The van der Waals surface area contributed by atoms with Crippen LogP contribution in [0.1, 0.15) is 82.6 Å². The Balaban J connectivity index is 1.67. The van der Waals surface area contributed by atoms with Crippen molar-refractivity contribution in [3.63, 3.8) is 0 Å². The second-order valence-corrected chi connectivity index (χ2v) is 11.4. The lowest BCUT2D eigenvalue weighted by Gasteiger charge is -2.43. The number of hydrogen-bond donors (Lipinski definition) is 2. The first-order chi connectivity index (χ1) is 17.0. The second kappa shape index (κ2) is 14.6. The van der Waals surface area contributed by atoms with Crippen molar-refractivity contribution in [2.75, 3.05) is 40.4 Å². The Morgan fingerprint density at radius 3 is 2.74 bits per heavy atom. The van der Waals surface area contributed by atoms with Gasteiger partial charge in [0.1, 0.15) is 0 Å². The highest BCUT2D eigenvalue weighted by Gasteiger charge is 2.41. The number of amides is 1. The average molecular weight is 507 g/mol. The molecule has 6 heteroatoms. The summed E-state index contributed by atoms with van der Waals surface area (Å²) in [5, 5.41) is 16.0. The number of likely N-dealkylation sites (tertiary alicyclic amines) is 1. The molecule has 0 bridgehead atoms. The summed E-state index contributed by atoms with van der Waals surface area (Å²) in [5.41, 5.74) is -0.128. The summed E-state index contributed by atoms with van der Waals surface area (Å²) in [6, 6.07) is 7.64. The number of nitrogens with one attached hydrogen (secondary N) is 1. The van der Waals surface area contributed by atoms with E-state index in [1.54, 1.807) is 7.11 Å². The summed E-state index contributed by atoms with van der Waals surface area (Å²) in [5.74, 6) is 1.40. The van der Waals surface area contributed by atoms with Gasteiger partial charge in [-0.25, -0.2) is 0 Å². The van der Waals surface area contributed by atoms with Crippen LogP contribution in [0.4, 0.5) is 0 Å². The van der Waals surface area contributed by atoms with Gasteiger partial charge in [-0.2, -0.15) is 0 Å². The first kappa shape index (κ1) is 28.4. The molecule has 1 aromatic rings. The highest BCUT2D eigenvalue weighted by atomic mass is 35.5. The molecule has 1 saturated heterocycles. The number of hydrogen-bond acceptors (Lipinski definition) is 4. The maximum absolute atomic E-state index is 13.5. The molecule has 0 aromatic heterocycles. The van der Waals surface area contributed by atoms with Gasteiger partial charge in [-0.15, -0.1) is 0 Å². The van der Waals surface area contributed by atoms with Crippen molar-refractivity contribution >= 4 is 17.5 Å². The van der Waals surface area contributed by atoms with E-state index < -0.39 is 5.60 Å². The summed E-state index contributed by atoms with van der Waals surface area (Å²) in [7, 11) is 3.70. The zero-order valence-corrected chi connectivity index (χ0v) is 22.7. The molecule has 0 spiro atoms. The highest BCUT2D eigenvalue weighted by molar-refractivity contribution is 6.30. The molecule has 5 nitrogen and oxygen atoms in total. The first-order valence-electron chi connectivity index (χ1n) is 13.9. The second-order valence-electron chi connectivity index (χ2n) is 10.9. The molecule has 1 aliphatic heterocycles. The van der Waals surface area contributed by atoms with Crippen molar-refractivity contribution in [3.8, 4) is 0 Å². The standard InChI is InChI=1S/C29H47ClN2O3/c1-31-21-24(18-23-10-4-3-5-11-23)19-28(33)32-16-9-13-26(22-32)29(34,15-6-7-17-35-2)25-12-8-14-27(30)20-25/h8,12,14,20,23-24,26,31,34H,3-7,9-11,13,15-19,21-22H2,1-2H3/t24-,26-,29-/m1/s1. The predicted molar refractivity (Wildman–Crippen MR) is 144 cm³/mol. The van der Waals surface area contributed by atoms with Gasteiger partial charge >= 0.3 is 0 Å². The fourth-order valence-electron chi connectivity index (χ4n) is 6.37. The zero-order chi connectivity index (χ0) is 25.1. The molecular weight excluding hydrogens is 460 g/mol. The quantitative estimate of drug-likeness (QED) is 0.333. The molecule has 198 valence electrons. The molecule has 1 saturated carbocycles. The van der Waals surface area contributed by atoms with Crippen LogP contribution < -0.4 is 5.32 Å². The van der Waals surface area contributed by atoms with Gasteiger partial charge in [-0.3, -0.25) is 4.79 Å². The van der Waals surface area contributed by atoms with E-state index in [0.29, 0.717) is 36.9 Å². The molecule has 2 fully saturated rings. The monoisotopic (exact) mass is 506 g/mol. The largest absolute Gasteiger partial charge is 0.385 e. The molecule has 3 atom stereocenters. The molecule has 1 heterocycles. The number of carbonyl (C=O) groups excluding carboxylic acids is 1. The van der Waals surface area contributed by atoms with Gasteiger partial charge in [0.05, 0.1) is 5.60 Å². The van der Waals surface area contributed by atoms with E-state index >= 15 is 0 Å². The molecule has 3 rings (SSSR count). The minimum atomic E-state index is -0.996. The van der Waals surface area contributed by atoms with Crippen LogP contribution in [0.5, 0.6) is 0 Å². The predicted octanol–water partition coefficient (Wildman–Crippen LogP) is 5.78. The smallest absolute Gasteiger partial charge is 0.222 e. The normalized spacial score (nSPS) is 22.1. The van der Waals surface area contributed by atoms with E-state index in [1.807, 2.05) is 36.2 Å². The first-order valence-corrected chi connectivity index (χ1v) is 14.2. The minimum absolute atomic E-state index is 0.00214. The summed E-state index contributed by atoms with van der Waals surface area (Å²) in [6.07, 6.45) is 12.7. The van der Waals surface area contributed by atoms with E-state index in [1.165, 1.54) is 32.1 Å². The van der Waals surface area contributed by atoms with Crippen molar-refractivity contribution in [2.45, 2.75) is 82.7 Å². The number of unbranched alkanes of at least 4 members (excludes halogenated alkanes) is 1. The fourth-order valence-corrected chi connectivity index (χ4v) is 6.56. The van der Waals surface area contributed by atoms with E-state index in [2.05, 4.69) is 5.32 Å². The van der Waals surface area contributed by atoms with E-state index in [9.17, 15) is 9.90 Å². The van der Waals surface area contributed by atoms with Crippen molar-refractivity contribution in [1.29, 1.82) is 0 Å². The van der Waals surface area contributed by atoms with Crippen LogP contribution in [0.3, 0.4) is 0 Å². The number of methoxy groups -OCH3 is 1. The number of carbonyl (C=O) groups is 1. The summed E-state index contributed by atoms with van der Waals surface area (Å²) < 4.78 is 5.23. The topological polar surface area (TPSA) is 61.8 Å². The zero-order valence-electron chi connectivity index (χ0n) is 21.9. The molecule has 2 aliphatic rings. The number of aliphatic hydroxyl groups is 1. The summed E-state index contributed by atoms with van der Waals surface area (Å²) in [6.45, 7) is 2.99. The Hall–Kier alpha value is -1.14. The van der Waals surface area contributed by atoms with Gasteiger partial charge in [0.15, 0.2) is 0 Å². The molecule has 1 aromatic carbocycles. The summed E-state index contributed by atoms with van der Waals surface area (Å²) in [4.78, 5) is 15.5. The molecule has 35 heavy (non-hydrogen) atoms. The maximum Gasteiger partial charge on any atom is 0.222 e. The third-order valence-electron chi connectivity index (χ3n) is 8.28. The van der Waals surface area contributed by atoms with Gasteiger partial charge in [0.25, 0.3) is 0 Å². The van der Waals surface area contributed by atoms with Gasteiger partial charge in [-0.1, -0.05) is 55.8 Å². The van der Waals surface area contributed by atoms with Gasteiger partial charge in [0.2, 0.25) is 5.91 Å². The Morgan fingerprint density at radius 1 is 1.23 bits per heavy atom. The molecule has 0 unspecified atom stereocenters. The number of nitrogens with zero attached hydrogens (tertiary/aromatic N) is 1. The minimum Gasteiger partial charge on any atom is -0.385 e. The van der Waals surface area contributed by atoms with E-state index in [-0.39, 0.29) is 11.8 Å². The maximum atomic E-state index is 13.5. The van der Waals surface area contributed by atoms with Crippen LogP contribution >= 0.6 is 11.6 Å². The average Bonchev–Trinajstić information content (AvgIpc) is 2.87. The van der Waals surface area contributed by atoms with Crippen LogP contribution in [0, 0.1) is 17.8 Å². The van der Waals surface area contributed by atoms with Crippen LogP contribution in [0.2, 0.25) is 5.02 Å². The number of benzene rings is 1. The van der Waals surface area contributed by atoms with Gasteiger partial charge in [0, 0.05) is 44.2 Å². The van der Waals surface area contributed by atoms with Crippen LogP contribution in [-0.4, -0.2) is 56.3 Å². The lowest BCUT2D eigenvalue weighted by molar-refractivity contribution is -0.138. The van der Waals surface area contributed by atoms with Gasteiger partial charge < -0.3 is 20.1 Å². The van der Waals surface area contributed by atoms with Crippen LogP contribution in [0.15, 0.2) is 24.3 Å². The Kier molecular flexibility index (Phi) is 11.8. The van der Waals surface area contributed by atoms with Crippen molar-refractivity contribution in [1.82, 2.24) is 10.2 Å². The number of piperidine rings is 1. The SMILES string of the molecule is CNC[C@@H](CC(=O)N1CCC[C@@H]([C@@](O)(CCCCOC)c2cccc(Cl)c2)C1)CC1CCCCC1. The molecule has 0 radical (unpaired) electrons. The highest BCUT2D eigenvalue weighted by Crippen LogP contribution is 2.41.